The number of hydrogen-bond acceptors (Lipinski definition) is 5. The first-order valence-electron chi connectivity index (χ1n) is 12.0. The maximum absolute atomic E-state index is 13.2. The molecule has 0 bridgehead atoms. The zero-order valence-electron chi connectivity index (χ0n) is 20.7. The van der Waals surface area contributed by atoms with Gasteiger partial charge in [-0.2, -0.15) is 5.10 Å². The molecule has 0 fully saturated rings. The van der Waals surface area contributed by atoms with Crippen LogP contribution < -0.4 is 19.6 Å². The number of rotatable bonds is 11. The van der Waals surface area contributed by atoms with Gasteiger partial charge in [-0.25, -0.2) is 9.82 Å². The van der Waals surface area contributed by atoms with Gasteiger partial charge in [-0.05, 0) is 66.6 Å². The molecule has 1 amide bonds. The molecule has 0 saturated heterocycles. The van der Waals surface area contributed by atoms with Gasteiger partial charge in [-0.15, -0.1) is 0 Å². The molecule has 0 aromatic heterocycles. The summed E-state index contributed by atoms with van der Waals surface area (Å²) in [5.74, 6) is 0.884. The molecule has 0 aliphatic heterocycles. The molecule has 194 valence electrons. The molecular weight excluding hydrogens is 551 g/mol. The maximum Gasteiger partial charge on any atom is 0.271 e. The Labute approximate surface area is 229 Å². The molecule has 38 heavy (non-hydrogen) atoms. The van der Waals surface area contributed by atoms with Gasteiger partial charge in [-0.1, -0.05) is 58.4 Å². The third-order valence-corrected chi connectivity index (χ3v) is 5.89. The van der Waals surface area contributed by atoms with Gasteiger partial charge in [0, 0.05) is 15.6 Å². The topological polar surface area (TPSA) is 69.2 Å². The van der Waals surface area contributed by atoms with Crippen LogP contribution in [0.2, 0.25) is 0 Å². The van der Waals surface area contributed by atoms with Gasteiger partial charge in [0.2, 0.25) is 0 Å². The molecule has 0 atom stereocenters. The Morgan fingerprint density at radius 2 is 1.53 bits per heavy atom. The van der Waals surface area contributed by atoms with Crippen LogP contribution in [0.15, 0.2) is 101 Å². The van der Waals surface area contributed by atoms with Crippen molar-refractivity contribution in [2.45, 2.75) is 20.1 Å². The Bertz CT molecular complexity index is 1400. The van der Waals surface area contributed by atoms with Gasteiger partial charge in [0.25, 0.3) is 5.91 Å². The number of amides is 1. The van der Waals surface area contributed by atoms with E-state index >= 15 is 0 Å². The van der Waals surface area contributed by atoms with Gasteiger partial charge in [0.05, 0.1) is 12.8 Å². The first kappa shape index (κ1) is 26.9. The van der Waals surface area contributed by atoms with E-state index in [0.717, 1.165) is 15.6 Å². The fourth-order valence-corrected chi connectivity index (χ4v) is 3.87. The van der Waals surface area contributed by atoms with E-state index in [4.69, 9.17) is 14.2 Å². The van der Waals surface area contributed by atoms with Gasteiger partial charge in [0.1, 0.15) is 24.8 Å². The number of nitrogens with one attached hydrogen (secondary N) is 1. The number of nitrogens with zero attached hydrogens (tertiary/aromatic N) is 1. The monoisotopic (exact) mass is 576 g/mol. The van der Waals surface area contributed by atoms with Crippen LogP contribution in [0.4, 0.5) is 4.39 Å². The Balaban J connectivity index is 1.41. The minimum absolute atomic E-state index is 0.258. The molecule has 1 N–H and O–H groups in total. The van der Waals surface area contributed by atoms with Gasteiger partial charge in [-0.3, -0.25) is 4.79 Å². The van der Waals surface area contributed by atoms with Crippen molar-refractivity contribution in [1.29, 1.82) is 0 Å². The van der Waals surface area contributed by atoms with Crippen LogP contribution in [0.3, 0.4) is 0 Å². The fourth-order valence-electron chi connectivity index (χ4n) is 3.49. The zero-order valence-corrected chi connectivity index (χ0v) is 22.3. The molecule has 0 aliphatic rings. The molecule has 4 aromatic carbocycles. The van der Waals surface area contributed by atoms with Gasteiger partial charge < -0.3 is 14.2 Å². The number of carbonyl (C=O) groups excluding carboxylic acids is 1. The first-order chi connectivity index (χ1) is 18.5. The smallest absolute Gasteiger partial charge is 0.271 e. The Morgan fingerprint density at radius 3 is 2.26 bits per heavy atom. The summed E-state index contributed by atoms with van der Waals surface area (Å²) in [6, 6.07) is 26.3. The lowest BCUT2D eigenvalue weighted by Gasteiger charge is -2.13. The summed E-state index contributed by atoms with van der Waals surface area (Å²) in [5.41, 5.74) is 5.42. The average molecular weight is 577 g/mol. The number of hydrazone groups is 1. The van der Waals surface area contributed by atoms with Crippen LogP contribution in [-0.2, 0) is 13.2 Å². The minimum Gasteiger partial charge on any atom is -0.490 e. The summed E-state index contributed by atoms with van der Waals surface area (Å²) < 4.78 is 31.5. The highest BCUT2D eigenvalue weighted by Crippen LogP contribution is 2.29. The summed E-state index contributed by atoms with van der Waals surface area (Å²) in [6.45, 7) is 2.93. The molecule has 6 nitrogen and oxygen atoms in total. The molecule has 0 unspecified atom stereocenters. The van der Waals surface area contributed by atoms with E-state index in [1.165, 1.54) is 18.3 Å². The summed E-state index contributed by atoms with van der Waals surface area (Å²) in [5, 5.41) is 4.11. The van der Waals surface area contributed by atoms with Crippen LogP contribution in [0, 0.1) is 5.82 Å². The molecule has 0 saturated carbocycles. The summed E-state index contributed by atoms with van der Waals surface area (Å²) in [7, 11) is 0. The lowest BCUT2D eigenvalue weighted by atomic mass is 10.2. The fraction of sp³-hybridized carbons (Fsp3) is 0.133. The molecule has 4 aromatic rings. The number of ether oxygens (including phenoxy) is 3. The van der Waals surface area contributed by atoms with E-state index in [-0.39, 0.29) is 12.4 Å². The van der Waals surface area contributed by atoms with Gasteiger partial charge >= 0.3 is 0 Å². The minimum atomic E-state index is -0.402. The second-order valence-corrected chi connectivity index (χ2v) is 9.08. The van der Waals surface area contributed by atoms with E-state index in [1.54, 1.807) is 36.4 Å². The van der Waals surface area contributed by atoms with E-state index < -0.39 is 5.91 Å². The molecule has 0 heterocycles. The van der Waals surface area contributed by atoms with E-state index in [0.29, 0.717) is 41.6 Å². The van der Waals surface area contributed by atoms with Gasteiger partial charge in [0.15, 0.2) is 11.5 Å². The molecule has 0 radical (unpaired) electrons. The van der Waals surface area contributed by atoms with Crippen molar-refractivity contribution in [3.63, 3.8) is 0 Å². The molecule has 0 aliphatic carbocycles. The standard InChI is InChI=1S/C30H26BrFN2O4/c1-2-36-29-17-23(10-14-28(29)38-19-21-6-4-3-5-7-21)30(35)34-33-18-24-16-25(31)11-15-27(24)37-20-22-8-12-26(32)13-9-22/h3-18H,2,19-20H2,1H3,(H,34,35)/b33-18+. The SMILES string of the molecule is CCOc1cc(C(=O)N/N=C/c2cc(Br)ccc2OCc2ccc(F)cc2)ccc1OCc1ccccc1. The second kappa shape index (κ2) is 13.4. The Morgan fingerprint density at radius 1 is 0.842 bits per heavy atom. The maximum atomic E-state index is 13.2. The largest absolute Gasteiger partial charge is 0.490 e. The highest BCUT2D eigenvalue weighted by atomic mass is 79.9. The molecule has 4 rings (SSSR count). The number of hydrogen-bond donors (Lipinski definition) is 1. The Kier molecular flexibility index (Phi) is 9.48. The average Bonchev–Trinajstić information content (AvgIpc) is 2.93. The summed E-state index contributed by atoms with van der Waals surface area (Å²) >= 11 is 3.44. The van der Waals surface area contributed by atoms with Crippen molar-refractivity contribution in [3.8, 4) is 17.2 Å². The predicted octanol–water partition coefficient (Wildman–Crippen LogP) is 6.91. The first-order valence-corrected chi connectivity index (χ1v) is 12.7. The third kappa shape index (κ3) is 7.66. The summed E-state index contributed by atoms with van der Waals surface area (Å²) in [6.07, 6.45) is 1.50. The predicted molar refractivity (Wildman–Crippen MR) is 148 cm³/mol. The van der Waals surface area contributed by atoms with Crippen molar-refractivity contribution >= 4 is 28.1 Å². The van der Waals surface area contributed by atoms with Crippen molar-refractivity contribution in [2.24, 2.45) is 5.10 Å². The second-order valence-electron chi connectivity index (χ2n) is 8.17. The van der Waals surface area contributed by atoms with E-state index in [2.05, 4.69) is 26.5 Å². The number of halogens is 2. The van der Waals surface area contributed by atoms with Crippen molar-refractivity contribution in [3.05, 3.63) is 124 Å². The molecule has 0 spiro atoms. The highest BCUT2D eigenvalue weighted by Gasteiger charge is 2.12. The van der Waals surface area contributed by atoms with Crippen molar-refractivity contribution < 1.29 is 23.4 Å². The van der Waals surface area contributed by atoms with Crippen LogP contribution in [0.1, 0.15) is 34.0 Å². The van der Waals surface area contributed by atoms with E-state index in [1.807, 2.05) is 49.4 Å². The quantitative estimate of drug-likeness (QED) is 0.155. The normalized spacial score (nSPS) is 10.8. The zero-order chi connectivity index (χ0) is 26.7. The third-order valence-electron chi connectivity index (χ3n) is 5.39. The number of benzene rings is 4. The van der Waals surface area contributed by atoms with Crippen molar-refractivity contribution in [2.75, 3.05) is 6.61 Å². The van der Waals surface area contributed by atoms with Crippen LogP contribution in [-0.4, -0.2) is 18.7 Å². The highest BCUT2D eigenvalue weighted by molar-refractivity contribution is 9.10. The number of carbonyl (C=O) groups is 1. The lowest BCUT2D eigenvalue weighted by molar-refractivity contribution is 0.0954. The van der Waals surface area contributed by atoms with Crippen LogP contribution >= 0.6 is 15.9 Å². The van der Waals surface area contributed by atoms with E-state index in [9.17, 15) is 9.18 Å². The Hall–Kier alpha value is -4.17. The summed E-state index contributed by atoms with van der Waals surface area (Å²) in [4.78, 5) is 12.8. The lowest BCUT2D eigenvalue weighted by Crippen LogP contribution is -2.18. The molecular formula is C30H26BrFN2O4. The molecule has 8 heteroatoms. The van der Waals surface area contributed by atoms with Crippen LogP contribution in [0.25, 0.3) is 0 Å². The van der Waals surface area contributed by atoms with Crippen LogP contribution in [0.5, 0.6) is 17.2 Å². The van der Waals surface area contributed by atoms with Crippen molar-refractivity contribution in [1.82, 2.24) is 5.43 Å².